The standard InChI is InChI=1S/C7H8ClNO2S/c8-3-6-9-5(4-12-6)7-10-1-2-11-7/h4,7H,1-3H2. The molecular formula is C7H8ClNO2S. The highest BCUT2D eigenvalue weighted by atomic mass is 35.5. The van der Waals surface area contributed by atoms with Gasteiger partial charge in [-0.2, -0.15) is 0 Å². The van der Waals surface area contributed by atoms with E-state index in [-0.39, 0.29) is 6.29 Å². The number of thiazole rings is 1. The van der Waals surface area contributed by atoms with Crippen LogP contribution >= 0.6 is 22.9 Å². The second kappa shape index (κ2) is 3.70. The molecule has 0 atom stereocenters. The zero-order valence-corrected chi connectivity index (χ0v) is 7.90. The van der Waals surface area contributed by atoms with Gasteiger partial charge in [0.2, 0.25) is 6.29 Å². The van der Waals surface area contributed by atoms with E-state index in [4.69, 9.17) is 21.1 Å². The fourth-order valence-corrected chi connectivity index (χ4v) is 1.91. The van der Waals surface area contributed by atoms with Crippen molar-refractivity contribution in [3.8, 4) is 0 Å². The van der Waals surface area contributed by atoms with Gasteiger partial charge in [0, 0.05) is 5.38 Å². The summed E-state index contributed by atoms with van der Waals surface area (Å²) in [6.45, 7) is 1.30. The molecule has 1 fully saturated rings. The van der Waals surface area contributed by atoms with E-state index in [1.54, 1.807) is 0 Å². The van der Waals surface area contributed by atoms with Crippen molar-refractivity contribution in [3.05, 3.63) is 16.1 Å². The van der Waals surface area contributed by atoms with E-state index in [2.05, 4.69) is 4.98 Å². The van der Waals surface area contributed by atoms with Gasteiger partial charge in [-0.15, -0.1) is 22.9 Å². The summed E-state index contributed by atoms with van der Waals surface area (Å²) in [5, 5.41) is 2.83. The monoisotopic (exact) mass is 205 g/mol. The molecule has 0 N–H and O–H groups in total. The van der Waals surface area contributed by atoms with Gasteiger partial charge in [0.25, 0.3) is 0 Å². The number of aromatic nitrogens is 1. The second-order valence-corrected chi connectivity index (χ2v) is 3.58. The number of hydrogen-bond acceptors (Lipinski definition) is 4. The first kappa shape index (κ1) is 8.44. The molecule has 0 aliphatic carbocycles. The Balaban J connectivity index is 2.11. The molecular weight excluding hydrogens is 198 g/mol. The Kier molecular flexibility index (Phi) is 2.60. The van der Waals surface area contributed by atoms with Gasteiger partial charge < -0.3 is 9.47 Å². The SMILES string of the molecule is ClCc1nc(C2OCCO2)cs1. The van der Waals surface area contributed by atoms with Gasteiger partial charge in [0.05, 0.1) is 19.1 Å². The van der Waals surface area contributed by atoms with Gasteiger partial charge in [0.15, 0.2) is 0 Å². The van der Waals surface area contributed by atoms with Crippen molar-refractivity contribution >= 4 is 22.9 Å². The first-order chi connectivity index (χ1) is 5.90. The van der Waals surface area contributed by atoms with E-state index in [9.17, 15) is 0 Å². The Hall–Kier alpha value is -0.160. The van der Waals surface area contributed by atoms with Crippen LogP contribution in [0.1, 0.15) is 17.0 Å². The summed E-state index contributed by atoms with van der Waals surface area (Å²) in [5.41, 5.74) is 0.841. The number of halogens is 1. The lowest BCUT2D eigenvalue weighted by molar-refractivity contribution is -0.0469. The van der Waals surface area contributed by atoms with E-state index >= 15 is 0 Å². The molecule has 1 aromatic heterocycles. The molecule has 0 radical (unpaired) electrons. The molecule has 0 amide bonds. The smallest absolute Gasteiger partial charge is 0.202 e. The average Bonchev–Trinajstić information content (AvgIpc) is 2.75. The molecule has 1 aromatic rings. The summed E-state index contributed by atoms with van der Waals surface area (Å²) in [6.07, 6.45) is -0.266. The van der Waals surface area contributed by atoms with E-state index in [1.807, 2.05) is 5.38 Å². The number of alkyl halides is 1. The number of ether oxygens (including phenoxy) is 2. The average molecular weight is 206 g/mol. The third-order valence-electron chi connectivity index (χ3n) is 1.55. The van der Waals surface area contributed by atoms with E-state index in [0.717, 1.165) is 10.7 Å². The lowest BCUT2D eigenvalue weighted by atomic mass is 10.5. The highest BCUT2D eigenvalue weighted by Gasteiger charge is 2.20. The van der Waals surface area contributed by atoms with Crippen molar-refractivity contribution in [3.63, 3.8) is 0 Å². The summed E-state index contributed by atoms with van der Waals surface area (Å²) in [6, 6.07) is 0. The molecule has 1 aliphatic heterocycles. The predicted octanol–water partition coefficient (Wildman–Crippen LogP) is 1.93. The van der Waals surface area contributed by atoms with Crippen LogP contribution in [0.3, 0.4) is 0 Å². The van der Waals surface area contributed by atoms with Gasteiger partial charge in [0.1, 0.15) is 10.7 Å². The lowest BCUT2D eigenvalue weighted by Gasteiger charge is -2.03. The maximum atomic E-state index is 5.61. The van der Waals surface area contributed by atoms with Gasteiger partial charge in [-0.3, -0.25) is 0 Å². The third kappa shape index (κ3) is 1.61. The Labute approximate surface area is 79.3 Å². The highest BCUT2D eigenvalue weighted by Crippen LogP contribution is 2.24. The summed E-state index contributed by atoms with van der Waals surface area (Å²) in [5.74, 6) is 0.456. The zero-order chi connectivity index (χ0) is 8.39. The van der Waals surface area contributed by atoms with Gasteiger partial charge >= 0.3 is 0 Å². The van der Waals surface area contributed by atoms with E-state index in [1.165, 1.54) is 11.3 Å². The minimum Gasteiger partial charge on any atom is -0.345 e. The maximum absolute atomic E-state index is 5.61. The Morgan fingerprint density at radius 2 is 2.33 bits per heavy atom. The number of rotatable bonds is 2. The van der Waals surface area contributed by atoms with Crippen LogP contribution < -0.4 is 0 Å². The molecule has 12 heavy (non-hydrogen) atoms. The zero-order valence-electron chi connectivity index (χ0n) is 6.33. The molecule has 2 heterocycles. The number of nitrogens with zero attached hydrogens (tertiary/aromatic N) is 1. The summed E-state index contributed by atoms with van der Waals surface area (Å²) in [4.78, 5) is 4.25. The fourth-order valence-electron chi connectivity index (χ4n) is 1.02. The quantitative estimate of drug-likeness (QED) is 0.692. The van der Waals surface area contributed by atoms with Gasteiger partial charge in [-0.05, 0) is 0 Å². The minimum absolute atomic E-state index is 0.266. The number of hydrogen-bond donors (Lipinski definition) is 0. The molecule has 1 saturated heterocycles. The maximum Gasteiger partial charge on any atom is 0.202 e. The Morgan fingerprint density at radius 1 is 1.58 bits per heavy atom. The molecule has 0 aromatic carbocycles. The van der Waals surface area contributed by atoms with Crippen molar-refractivity contribution < 1.29 is 9.47 Å². The Bertz CT molecular complexity index is 260. The van der Waals surface area contributed by atoms with Crippen LogP contribution in [0, 0.1) is 0 Å². The molecule has 5 heteroatoms. The van der Waals surface area contributed by atoms with Crippen LogP contribution in [0.15, 0.2) is 5.38 Å². The predicted molar refractivity (Wildman–Crippen MR) is 46.3 cm³/mol. The van der Waals surface area contributed by atoms with Crippen molar-refractivity contribution in [2.24, 2.45) is 0 Å². The molecule has 0 spiro atoms. The molecule has 3 nitrogen and oxygen atoms in total. The van der Waals surface area contributed by atoms with Gasteiger partial charge in [-0.1, -0.05) is 0 Å². The summed E-state index contributed by atoms with van der Waals surface area (Å²) >= 11 is 7.15. The Morgan fingerprint density at radius 3 is 2.92 bits per heavy atom. The van der Waals surface area contributed by atoms with Crippen molar-refractivity contribution in [1.82, 2.24) is 4.98 Å². The van der Waals surface area contributed by atoms with E-state index in [0.29, 0.717) is 19.1 Å². The summed E-state index contributed by atoms with van der Waals surface area (Å²) in [7, 11) is 0. The lowest BCUT2D eigenvalue weighted by Crippen LogP contribution is -1.98. The molecule has 66 valence electrons. The first-order valence-corrected chi connectivity index (χ1v) is 5.05. The third-order valence-corrected chi connectivity index (χ3v) is 2.83. The van der Waals surface area contributed by atoms with Crippen molar-refractivity contribution in [1.29, 1.82) is 0 Å². The fraction of sp³-hybridized carbons (Fsp3) is 0.571. The molecule has 1 aliphatic rings. The normalized spacial score (nSPS) is 18.8. The van der Waals surface area contributed by atoms with Crippen molar-refractivity contribution in [2.45, 2.75) is 12.2 Å². The van der Waals surface area contributed by atoms with Crippen LogP contribution in [-0.4, -0.2) is 18.2 Å². The molecule has 0 bridgehead atoms. The first-order valence-electron chi connectivity index (χ1n) is 3.63. The molecule has 0 unspecified atom stereocenters. The van der Waals surface area contributed by atoms with Crippen LogP contribution in [0.25, 0.3) is 0 Å². The van der Waals surface area contributed by atoms with Gasteiger partial charge in [-0.25, -0.2) is 4.98 Å². The molecule has 0 saturated carbocycles. The highest BCUT2D eigenvalue weighted by molar-refractivity contribution is 7.09. The second-order valence-electron chi connectivity index (χ2n) is 2.37. The van der Waals surface area contributed by atoms with Crippen LogP contribution in [-0.2, 0) is 15.4 Å². The largest absolute Gasteiger partial charge is 0.345 e. The summed E-state index contributed by atoms with van der Waals surface area (Å²) < 4.78 is 10.6. The van der Waals surface area contributed by atoms with Crippen LogP contribution in [0.2, 0.25) is 0 Å². The van der Waals surface area contributed by atoms with Crippen LogP contribution in [0.5, 0.6) is 0 Å². The molecule has 2 rings (SSSR count). The van der Waals surface area contributed by atoms with Crippen molar-refractivity contribution in [2.75, 3.05) is 13.2 Å². The van der Waals surface area contributed by atoms with Crippen LogP contribution in [0.4, 0.5) is 0 Å². The minimum atomic E-state index is -0.266. The van der Waals surface area contributed by atoms with E-state index < -0.39 is 0 Å². The topological polar surface area (TPSA) is 31.4 Å².